The number of thiazole rings is 1. The predicted molar refractivity (Wildman–Crippen MR) is 76.0 cm³/mol. The fourth-order valence-corrected chi connectivity index (χ4v) is 3.66. The van der Waals surface area contributed by atoms with Gasteiger partial charge >= 0.3 is 0 Å². The molecule has 2 aliphatic rings. The van der Waals surface area contributed by atoms with Gasteiger partial charge in [0.1, 0.15) is 0 Å². The van der Waals surface area contributed by atoms with Crippen molar-refractivity contribution in [2.75, 3.05) is 19.6 Å². The largest absolute Gasteiger partial charge is 0.308 e. The highest BCUT2D eigenvalue weighted by molar-refractivity contribution is 7.09. The lowest BCUT2D eigenvalue weighted by Crippen LogP contribution is -2.63. The van der Waals surface area contributed by atoms with Crippen molar-refractivity contribution in [2.24, 2.45) is 5.92 Å². The Hall–Kier alpha value is -0.450. The number of hydrogen-bond acceptors (Lipinski definition) is 4. The molecular formula is C14H23N3S. The van der Waals surface area contributed by atoms with Gasteiger partial charge in [-0.05, 0) is 32.6 Å². The third kappa shape index (κ3) is 2.60. The lowest BCUT2D eigenvalue weighted by molar-refractivity contribution is 0.0844. The summed E-state index contributed by atoms with van der Waals surface area (Å²) in [4.78, 5) is 7.03. The average Bonchev–Trinajstić information content (AvgIpc) is 3.10. The SMILES string of the molecule is CC1CNC(C)(C2CC2)CN1CCc1nccs1. The topological polar surface area (TPSA) is 28.2 Å². The summed E-state index contributed by atoms with van der Waals surface area (Å²) in [6.45, 7) is 8.22. The van der Waals surface area contributed by atoms with Gasteiger partial charge in [-0.2, -0.15) is 0 Å². The third-order valence-electron chi connectivity index (χ3n) is 4.53. The van der Waals surface area contributed by atoms with Crippen LogP contribution in [0.2, 0.25) is 0 Å². The van der Waals surface area contributed by atoms with Crippen molar-refractivity contribution in [2.45, 2.75) is 44.7 Å². The summed E-state index contributed by atoms with van der Waals surface area (Å²) in [7, 11) is 0. The molecule has 0 amide bonds. The Labute approximate surface area is 114 Å². The Balaban J connectivity index is 1.59. The Morgan fingerprint density at radius 1 is 1.56 bits per heavy atom. The molecule has 1 saturated heterocycles. The van der Waals surface area contributed by atoms with Crippen molar-refractivity contribution < 1.29 is 0 Å². The number of hydrogen-bond donors (Lipinski definition) is 1. The normalized spacial score (nSPS) is 33.8. The molecule has 1 aromatic rings. The summed E-state index contributed by atoms with van der Waals surface area (Å²) in [5.41, 5.74) is 0.357. The first-order valence-corrected chi connectivity index (χ1v) is 7.93. The van der Waals surface area contributed by atoms with Gasteiger partial charge in [-0.1, -0.05) is 0 Å². The summed E-state index contributed by atoms with van der Waals surface area (Å²) < 4.78 is 0. The summed E-state index contributed by atoms with van der Waals surface area (Å²) in [6.07, 6.45) is 5.84. The fourth-order valence-electron chi connectivity index (χ4n) is 3.05. The zero-order chi connectivity index (χ0) is 12.6. The number of rotatable bonds is 4. The van der Waals surface area contributed by atoms with Crippen LogP contribution in [0.3, 0.4) is 0 Å². The third-order valence-corrected chi connectivity index (χ3v) is 5.37. The molecule has 100 valence electrons. The van der Waals surface area contributed by atoms with Gasteiger partial charge in [0, 0.05) is 49.2 Å². The lowest BCUT2D eigenvalue weighted by Gasteiger charge is -2.45. The van der Waals surface area contributed by atoms with E-state index in [-0.39, 0.29) is 0 Å². The van der Waals surface area contributed by atoms with Crippen molar-refractivity contribution in [3.05, 3.63) is 16.6 Å². The molecule has 2 atom stereocenters. The zero-order valence-electron chi connectivity index (χ0n) is 11.4. The smallest absolute Gasteiger partial charge is 0.0937 e. The Bertz CT molecular complexity index is 388. The van der Waals surface area contributed by atoms with Gasteiger partial charge in [-0.3, -0.25) is 4.90 Å². The summed E-state index contributed by atoms with van der Waals surface area (Å²) in [5.74, 6) is 0.910. The molecule has 1 aromatic heterocycles. The molecule has 1 aliphatic carbocycles. The van der Waals surface area contributed by atoms with Gasteiger partial charge in [0.15, 0.2) is 0 Å². The average molecular weight is 265 g/mol. The molecule has 4 heteroatoms. The molecule has 2 unspecified atom stereocenters. The van der Waals surface area contributed by atoms with E-state index in [1.807, 2.05) is 6.20 Å². The number of piperazine rings is 1. The molecule has 3 rings (SSSR count). The highest BCUT2D eigenvalue weighted by atomic mass is 32.1. The van der Waals surface area contributed by atoms with Crippen molar-refractivity contribution in [1.29, 1.82) is 0 Å². The van der Waals surface area contributed by atoms with E-state index < -0.39 is 0 Å². The van der Waals surface area contributed by atoms with Gasteiger partial charge in [-0.25, -0.2) is 4.98 Å². The van der Waals surface area contributed by atoms with Crippen molar-refractivity contribution >= 4 is 11.3 Å². The molecule has 18 heavy (non-hydrogen) atoms. The molecule has 1 N–H and O–H groups in total. The minimum absolute atomic E-state index is 0.357. The quantitative estimate of drug-likeness (QED) is 0.904. The first-order chi connectivity index (χ1) is 8.67. The molecule has 0 bridgehead atoms. The van der Waals surface area contributed by atoms with Crippen LogP contribution in [0.1, 0.15) is 31.7 Å². The standard InChI is InChI=1S/C14H23N3S/c1-11-9-16-14(2,12-3-4-12)10-17(11)7-5-13-15-6-8-18-13/h6,8,11-12,16H,3-5,7,9-10H2,1-2H3. The van der Waals surface area contributed by atoms with Crippen LogP contribution in [0.25, 0.3) is 0 Å². The zero-order valence-corrected chi connectivity index (χ0v) is 12.2. The van der Waals surface area contributed by atoms with Gasteiger partial charge in [-0.15, -0.1) is 11.3 Å². The molecule has 1 saturated carbocycles. The molecular weight excluding hydrogens is 242 g/mol. The van der Waals surface area contributed by atoms with E-state index in [1.54, 1.807) is 11.3 Å². The second kappa shape index (κ2) is 4.91. The molecule has 2 fully saturated rings. The van der Waals surface area contributed by atoms with Crippen LogP contribution >= 0.6 is 11.3 Å². The first kappa shape index (κ1) is 12.6. The van der Waals surface area contributed by atoms with Crippen LogP contribution in [0, 0.1) is 5.92 Å². The predicted octanol–water partition coefficient (Wildman–Crippen LogP) is 2.15. The van der Waals surface area contributed by atoms with Gasteiger partial charge in [0.2, 0.25) is 0 Å². The molecule has 0 aromatic carbocycles. The monoisotopic (exact) mass is 265 g/mol. The van der Waals surface area contributed by atoms with Gasteiger partial charge in [0.25, 0.3) is 0 Å². The second-order valence-electron chi connectivity index (χ2n) is 6.07. The maximum absolute atomic E-state index is 4.39. The van der Waals surface area contributed by atoms with Crippen LogP contribution in [0.4, 0.5) is 0 Å². The Morgan fingerprint density at radius 2 is 2.39 bits per heavy atom. The van der Waals surface area contributed by atoms with E-state index in [1.165, 1.54) is 24.4 Å². The molecule has 0 spiro atoms. The molecule has 3 nitrogen and oxygen atoms in total. The van der Waals surface area contributed by atoms with Crippen LogP contribution < -0.4 is 5.32 Å². The first-order valence-electron chi connectivity index (χ1n) is 7.05. The van der Waals surface area contributed by atoms with Crippen LogP contribution in [-0.2, 0) is 6.42 Å². The van der Waals surface area contributed by atoms with E-state index in [4.69, 9.17) is 0 Å². The van der Waals surface area contributed by atoms with Crippen LogP contribution in [-0.4, -0.2) is 41.1 Å². The van der Waals surface area contributed by atoms with E-state index in [2.05, 4.69) is 34.4 Å². The van der Waals surface area contributed by atoms with E-state index in [0.717, 1.165) is 25.4 Å². The van der Waals surface area contributed by atoms with Crippen molar-refractivity contribution in [3.63, 3.8) is 0 Å². The van der Waals surface area contributed by atoms with Gasteiger partial charge < -0.3 is 5.32 Å². The molecule has 2 heterocycles. The highest BCUT2D eigenvalue weighted by Crippen LogP contribution is 2.41. The van der Waals surface area contributed by atoms with E-state index >= 15 is 0 Å². The number of nitrogens with one attached hydrogen (secondary N) is 1. The Morgan fingerprint density at radius 3 is 3.06 bits per heavy atom. The van der Waals surface area contributed by atoms with Crippen molar-refractivity contribution in [3.8, 4) is 0 Å². The Kier molecular flexibility index (Phi) is 3.43. The van der Waals surface area contributed by atoms with Crippen molar-refractivity contribution in [1.82, 2.24) is 15.2 Å². The second-order valence-corrected chi connectivity index (χ2v) is 7.05. The minimum atomic E-state index is 0.357. The maximum atomic E-state index is 4.39. The van der Waals surface area contributed by atoms with Gasteiger partial charge in [0.05, 0.1) is 5.01 Å². The van der Waals surface area contributed by atoms with Crippen LogP contribution in [0.5, 0.6) is 0 Å². The molecule has 1 aliphatic heterocycles. The minimum Gasteiger partial charge on any atom is -0.308 e. The van der Waals surface area contributed by atoms with E-state index in [9.17, 15) is 0 Å². The molecule has 0 radical (unpaired) electrons. The summed E-state index contributed by atoms with van der Waals surface area (Å²) in [6, 6.07) is 0.650. The summed E-state index contributed by atoms with van der Waals surface area (Å²) in [5, 5.41) is 7.12. The highest BCUT2D eigenvalue weighted by Gasteiger charge is 2.45. The van der Waals surface area contributed by atoms with E-state index in [0.29, 0.717) is 11.6 Å². The summed E-state index contributed by atoms with van der Waals surface area (Å²) >= 11 is 1.78. The maximum Gasteiger partial charge on any atom is 0.0937 e. The number of nitrogens with zero attached hydrogens (tertiary/aromatic N) is 2. The lowest BCUT2D eigenvalue weighted by atomic mass is 9.91. The fraction of sp³-hybridized carbons (Fsp3) is 0.786. The number of aromatic nitrogens is 1. The van der Waals surface area contributed by atoms with Crippen LogP contribution in [0.15, 0.2) is 11.6 Å².